The number of hydrogen-bond donors (Lipinski definition) is 0. The van der Waals surface area contributed by atoms with E-state index in [1.165, 1.54) is 0 Å². The summed E-state index contributed by atoms with van der Waals surface area (Å²) in [7, 11) is 4.83. The van der Waals surface area contributed by atoms with E-state index in [0.29, 0.717) is 42.5 Å². The van der Waals surface area contributed by atoms with Crippen LogP contribution < -0.4 is 14.2 Å². The lowest BCUT2D eigenvalue weighted by Crippen LogP contribution is -2.40. The number of piperidine rings is 1. The Labute approximate surface area is 166 Å². The van der Waals surface area contributed by atoms with Gasteiger partial charge >= 0.3 is 0 Å². The Morgan fingerprint density at radius 2 is 1.61 bits per heavy atom. The van der Waals surface area contributed by atoms with Gasteiger partial charge < -0.3 is 23.8 Å². The van der Waals surface area contributed by atoms with Crippen LogP contribution in [0, 0.1) is 0 Å². The lowest BCUT2D eigenvalue weighted by atomic mass is 10.1. The molecule has 0 atom stereocenters. The molecule has 0 N–H and O–H groups in total. The summed E-state index contributed by atoms with van der Waals surface area (Å²) in [5, 5.41) is 0. The Morgan fingerprint density at radius 1 is 1.00 bits per heavy atom. The molecule has 1 amide bonds. The summed E-state index contributed by atoms with van der Waals surface area (Å²) in [5.74, 6) is 1.40. The second kappa shape index (κ2) is 9.46. The van der Waals surface area contributed by atoms with E-state index in [4.69, 9.17) is 18.9 Å². The van der Waals surface area contributed by atoms with Crippen molar-refractivity contribution in [1.29, 1.82) is 0 Å². The van der Waals surface area contributed by atoms with E-state index in [9.17, 15) is 4.79 Å². The summed E-state index contributed by atoms with van der Waals surface area (Å²) in [6, 6.07) is 13.3. The zero-order chi connectivity index (χ0) is 19.9. The van der Waals surface area contributed by atoms with E-state index < -0.39 is 0 Å². The van der Waals surface area contributed by atoms with Crippen molar-refractivity contribution >= 4 is 5.91 Å². The van der Waals surface area contributed by atoms with Crippen molar-refractivity contribution in [1.82, 2.24) is 4.90 Å². The van der Waals surface area contributed by atoms with Gasteiger partial charge in [0.15, 0.2) is 11.5 Å². The van der Waals surface area contributed by atoms with Crippen molar-refractivity contribution < 1.29 is 23.7 Å². The molecule has 0 spiro atoms. The van der Waals surface area contributed by atoms with Crippen LogP contribution in [0.2, 0.25) is 0 Å². The fourth-order valence-electron chi connectivity index (χ4n) is 3.35. The zero-order valence-corrected chi connectivity index (χ0v) is 16.6. The lowest BCUT2D eigenvalue weighted by molar-refractivity contribution is 0.0350. The monoisotopic (exact) mass is 385 g/mol. The molecular formula is C22H27NO5. The molecule has 2 aromatic carbocycles. The average molecular weight is 385 g/mol. The predicted octanol–water partition coefficient (Wildman–Crippen LogP) is 3.53. The second-order valence-corrected chi connectivity index (χ2v) is 6.71. The van der Waals surface area contributed by atoms with Crippen molar-refractivity contribution in [3.05, 3.63) is 53.6 Å². The Morgan fingerprint density at radius 3 is 2.14 bits per heavy atom. The highest BCUT2D eigenvalue weighted by Crippen LogP contribution is 2.39. The number of amides is 1. The molecule has 0 aliphatic carbocycles. The van der Waals surface area contributed by atoms with Crippen LogP contribution in [0.3, 0.4) is 0 Å². The fraction of sp³-hybridized carbons (Fsp3) is 0.409. The van der Waals surface area contributed by atoms with Gasteiger partial charge in [-0.2, -0.15) is 0 Å². The molecule has 0 bridgehead atoms. The average Bonchev–Trinajstić information content (AvgIpc) is 2.77. The summed E-state index contributed by atoms with van der Waals surface area (Å²) in [6.45, 7) is 1.73. The van der Waals surface area contributed by atoms with Gasteiger partial charge in [0, 0.05) is 25.8 Å². The Bertz CT molecular complexity index is 760. The normalized spacial score (nSPS) is 14.6. The molecule has 1 heterocycles. The topological polar surface area (TPSA) is 57.2 Å². The minimum absolute atomic E-state index is 0.0410. The number of ether oxygens (including phenoxy) is 4. The quantitative estimate of drug-likeness (QED) is 0.730. The third kappa shape index (κ3) is 4.57. The van der Waals surface area contributed by atoms with Crippen LogP contribution in [0.15, 0.2) is 42.5 Å². The summed E-state index contributed by atoms with van der Waals surface area (Å²) < 4.78 is 22.3. The van der Waals surface area contributed by atoms with Gasteiger partial charge in [0.05, 0.1) is 20.3 Å². The van der Waals surface area contributed by atoms with Gasteiger partial charge in [-0.1, -0.05) is 30.3 Å². The van der Waals surface area contributed by atoms with E-state index in [1.54, 1.807) is 33.5 Å². The van der Waals surface area contributed by atoms with E-state index in [-0.39, 0.29) is 12.0 Å². The first-order valence-electron chi connectivity index (χ1n) is 9.41. The zero-order valence-electron chi connectivity index (χ0n) is 16.6. The van der Waals surface area contributed by atoms with Crippen molar-refractivity contribution in [2.75, 3.05) is 34.4 Å². The van der Waals surface area contributed by atoms with Crippen LogP contribution >= 0.6 is 0 Å². The predicted molar refractivity (Wildman–Crippen MR) is 106 cm³/mol. The molecule has 6 heteroatoms. The molecule has 6 nitrogen and oxygen atoms in total. The molecule has 1 aliphatic heterocycles. The third-order valence-electron chi connectivity index (χ3n) is 5.00. The van der Waals surface area contributed by atoms with Crippen LogP contribution in [-0.2, 0) is 11.3 Å². The second-order valence-electron chi connectivity index (χ2n) is 6.71. The number of benzene rings is 2. The summed E-state index contributed by atoms with van der Waals surface area (Å²) in [5.41, 5.74) is 1.56. The lowest BCUT2D eigenvalue weighted by Gasteiger charge is -2.31. The first-order chi connectivity index (χ1) is 13.7. The fourth-order valence-corrected chi connectivity index (χ4v) is 3.35. The minimum Gasteiger partial charge on any atom is -0.493 e. The largest absolute Gasteiger partial charge is 0.493 e. The van der Waals surface area contributed by atoms with Gasteiger partial charge in [-0.05, 0) is 30.5 Å². The molecule has 0 saturated carbocycles. The van der Waals surface area contributed by atoms with E-state index in [0.717, 1.165) is 18.4 Å². The van der Waals surface area contributed by atoms with Gasteiger partial charge in [0.1, 0.15) is 6.61 Å². The highest BCUT2D eigenvalue weighted by Gasteiger charge is 2.25. The highest BCUT2D eigenvalue weighted by molar-refractivity contribution is 5.95. The summed E-state index contributed by atoms with van der Waals surface area (Å²) in [6.07, 6.45) is 1.91. The molecule has 0 radical (unpaired) electrons. The van der Waals surface area contributed by atoms with Crippen LogP contribution in [0.5, 0.6) is 17.2 Å². The number of nitrogens with zero attached hydrogens (tertiary/aromatic N) is 1. The smallest absolute Gasteiger partial charge is 0.254 e. The summed E-state index contributed by atoms with van der Waals surface area (Å²) in [4.78, 5) is 14.8. The van der Waals surface area contributed by atoms with Crippen molar-refractivity contribution in [2.45, 2.75) is 25.6 Å². The molecule has 150 valence electrons. The minimum atomic E-state index is -0.0410. The molecule has 1 saturated heterocycles. The maximum atomic E-state index is 13.0. The van der Waals surface area contributed by atoms with E-state index >= 15 is 0 Å². The van der Waals surface area contributed by atoms with Gasteiger partial charge in [-0.3, -0.25) is 4.79 Å². The highest BCUT2D eigenvalue weighted by atomic mass is 16.5. The Kier molecular flexibility index (Phi) is 6.76. The molecule has 2 aromatic rings. The van der Waals surface area contributed by atoms with Crippen LogP contribution in [0.1, 0.15) is 28.8 Å². The SMILES string of the molecule is COc1cc(C(=O)N2CCC(OC)CC2)cc(OC)c1OCc1ccccc1. The Hall–Kier alpha value is -2.73. The van der Waals surface area contributed by atoms with Crippen molar-refractivity contribution in [2.24, 2.45) is 0 Å². The number of likely N-dealkylation sites (tertiary alicyclic amines) is 1. The van der Waals surface area contributed by atoms with Crippen LogP contribution in [-0.4, -0.2) is 51.3 Å². The number of carbonyl (C=O) groups excluding carboxylic acids is 1. The first kappa shape index (κ1) is 20.0. The van der Waals surface area contributed by atoms with Gasteiger partial charge in [-0.25, -0.2) is 0 Å². The summed E-state index contributed by atoms with van der Waals surface area (Å²) >= 11 is 0. The van der Waals surface area contributed by atoms with Crippen LogP contribution in [0.25, 0.3) is 0 Å². The van der Waals surface area contributed by atoms with Gasteiger partial charge in [0.25, 0.3) is 5.91 Å². The molecule has 1 aliphatic rings. The molecule has 0 aromatic heterocycles. The van der Waals surface area contributed by atoms with E-state index in [1.807, 2.05) is 35.2 Å². The number of hydrogen-bond acceptors (Lipinski definition) is 5. The maximum absolute atomic E-state index is 13.0. The van der Waals surface area contributed by atoms with E-state index in [2.05, 4.69) is 0 Å². The molecule has 3 rings (SSSR count). The van der Waals surface area contributed by atoms with Crippen LogP contribution in [0.4, 0.5) is 0 Å². The van der Waals surface area contributed by atoms with Crippen molar-refractivity contribution in [3.8, 4) is 17.2 Å². The van der Waals surface area contributed by atoms with Crippen molar-refractivity contribution in [3.63, 3.8) is 0 Å². The molecule has 0 unspecified atom stereocenters. The van der Waals surface area contributed by atoms with Gasteiger partial charge in [0.2, 0.25) is 5.75 Å². The number of carbonyl (C=O) groups is 1. The number of rotatable bonds is 7. The Balaban J connectivity index is 1.79. The maximum Gasteiger partial charge on any atom is 0.254 e. The third-order valence-corrected chi connectivity index (χ3v) is 5.00. The number of methoxy groups -OCH3 is 3. The first-order valence-corrected chi connectivity index (χ1v) is 9.41. The molecule has 28 heavy (non-hydrogen) atoms. The molecule has 1 fully saturated rings. The molecular weight excluding hydrogens is 358 g/mol. The van der Waals surface area contributed by atoms with Gasteiger partial charge in [-0.15, -0.1) is 0 Å². The standard InChI is InChI=1S/C22H27NO5/c1-25-18-9-11-23(12-10-18)22(24)17-13-19(26-2)21(20(14-17)27-3)28-15-16-7-5-4-6-8-16/h4-8,13-14,18H,9-12,15H2,1-3H3.